The molecule has 0 atom stereocenters. The van der Waals surface area contributed by atoms with E-state index in [1.807, 2.05) is 0 Å². The maximum absolute atomic E-state index is 14.3. The minimum absolute atomic E-state index is 0.0592. The zero-order chi connectivity index (χ0) is 17.4. The molecule has 1 aromatic rings. The number of anilines is 1. The van der Waals surface area contributed by atoms with Gasteiger partial charge < -0.3 is 19.9 Å². The second-order valence-corrected chi connectivity index (χ2v) is 6.11. The third-order valence-electron chi connectivity index (χ3n) is 4.30. The lowest BCUT2D eigenvalue weighted by atomic mass is 10.2. The summed E-state index contributed by atoms with van der Waals surface area (Å²) < 4.78 is 34.1. The molecule has 0 bridgehead atoms. The highest BCUT2D eigenvalue weighted by Gasteiger charge is 2.20. The van der Waals surface area contributed by atoms with Crippen molar-refractivity contribution in [1.29, 1.82) is 0 Å². The van der Waals surface area contributed by atoms with E-state index in [2.05, 4.69) is 24.1 Å². The van der Waals surface area contributed by atoms with Crippen LogP contribution in [0.5, 0.6) is 5.75 Å². The molecular weight excluding hydrogens is 312 g/mol. The molecule has 2 rings (SSSR count). The molecule has 1 N–H and O–H groups in total. The largest absolute Gasteiger partial charge is 0.493 e. The zero-order valence-corrected chi connectivity index (χ0v) is 14.8. The van der Waals surface area contributed by atoms with Gasteiger partial charge in [0.05, 0.1) is 6.61 Å². The lowest BCUT2D eigenvalue weighted by Crippen LogP contribution is -2.44. The van der Waals surface area contributed by atoms with Crippen LogP contribution in [0, 0.1) is 11.6 Å². The number of benzene rings is 1. The summed E-state index contributed by atoms with van der Waals surface area (Å²) in [5.74, 6) is -0.830. The second-order valence-electron chi connectivity index (χ2n) is 6.11. The van der Waals surface area contributed by atoms with Crippen LogP contribution in [-0.4, -0.2) is 57.3 Å². The smallest absolute Gasteiger partial charge is 0.153 e. The minimum atomic E-state index is -0.548. The average Bonchev–Trinajstić information content (AvgIpc) is 2.58. The first-order valence-electron chi connectivity index (χ1n) is 8.95. The molecule has 1 aliphatic heterocycles. The van der Waals surface area contributed by atoms with E-state index in [0.717, 1.165) is 45.6 Å². The molecule has 24 heavy (non-hydrogen) atoms. The molecule has 1 saturated heterocycles. The summed E-state index contributed by atoms with van der Waals surface area (Å²) in [4.78, 5) is 4.09. The number of ether oxygens (including phenoxy) is 1. The van der Waals surface area contributed by atoms with E-state index in [9.17, 15) is 8.78 Å². The van der Waals surface area contributed by atoms with E-state index in [-0.39, 0.29) is 11.4 Å². The highest BCUT2D eigenvalue weighted by atomic mass is 19.1. The predicted molar refractivity (Wildman–Crippen MR) is 94.0 cm³/mol. The number of hydrogen-bond donors (Lipinski definition) is 1. The van der Waals surface area contributed by atoms with E-state index in [1.54, 1.807) is 4.90 Å². The summed E-state index contributed by atoms with van der Waals surface area (Å²) in [6.07, 6.45) is 1.97. The molecule has 1 aliphatic rings. The fourth-order valence-electron chi connectivity index (χ4n) is 3.04. The van der Waals surface area contributed by atoms with Gasteiger partial charge in [0.25, 0.3) is 0 Å². The number of halogens is 2. The van der Waals surface area contributed by atoms with Crippen molar-refractivity contribution in [1.82, 2.24) is 10.2 Å². The summed E-state index contributed by atoms with van der Waals surface area (Å²) in [6, 6.07) is 2.59. The van der Waals surface area contributed by atoms with Crippen LogP contribution in [0.15, 0.2) is 12.1 Å². The van der Waals surface area contributed by atoms with E-state index in [4.69, 9.17) is 4.74 Å². The van der Waals surface area contributed by atoms with Gasteiger partial charge in [-0.05, 0) is 25.9 Å². The Hall–Kier alpha value is -1.40. The quantitative estimate of drug-likeness (QED) is 0.699. The van der Waals surface area contributed by atoms with Gasteiger partial charge in [0, 0.05) is 44.9 Å². The zero-order valence-electron chi connectivity index (χ0n) is 14.8. The first-order valence-corrected chi connectivity index (χ1v) is 8.95. The molecule has 0 amide bonds. The third kappa shape index (κ3) is 5.31. The Labute approximate surface area is 143 Å². The Balaban J connectivity index is 1.88. The molecule has 1 aromatic carbocycles. The Morgan fingerprint density at radius 2 is 1.79 bits per heavy atom. The van der Waals surface area contributed by atoms with Crippen molar-refractivity contribution in [2.45, 2.75) is 26.7 Å². The minimum Gasteiger partial charge on any atom is -0.493 e. The van der Waals surface area contributed by atoms with Crippen molar-refractivity contribution in [2.24, 2.45) is 0 Å². The number of nitrogens with zero attached hydrogens (tertiary/aromatic N) is 2. The normalized spacial score (nSPS) is 15.1. The van der Waals surface area contributed by atoms with Gasteiger partial charge in [-0.3, -0.25) is 0 Å². The van der Waals surface area contributed by atoms with Crippen LogP contribution >= 0.6 is 0 Å². The summed E-state index contributed by atoms with van der Waals surface area (Å²) >= 11 is 0. The first-order chi connectivity index (χ1) is 11.7. The maximum atomic E-state index is 14.3. The molecule has 0 aromatic heterocycles. The number of hydrogen-bond acceptors (Lipinski definition) is 4. The molecule has 0 aliphatic carbocycles. The van der Waals surface area contributed by atoms with Gasteiger partial charge >= 0.3 is 0 Å². The van der Waals surface area contributed by atoms with Gasteiger partial charge in [0.2, 0.25) is 0 Å². The highest BCUT2D eigenvalue weighted by molar-refractivity contribution is 5.52. The van der Waals surface area contributed by atoms with Crippen LogP contribution in [0.1, 0.15) is 26.7 Å². The van der Waals surface area contributed by atoms with Crippen molar-refractivity contribution in [3.63, 3.8) is 0 Å². The topological polar surface area (TPSA) is 27.7 Å². The molecule has 0 spiro atoms. The monoisotopic (exact) mass is 341 g/mol. The van der Waals surface area contributed by atoms with Crippen LogP contribution in [0.25, 0.3) is 0 Å². The molecule has 6 heteroatoms. The number of piperazine rings is 1. The maximum Gasteiger partial charge on any atom is 0.153 e. The Bertz CT molecular complexity index is 484. The standard InChI is InChI=1S/C18H29F2N3O/c1-3-8-22(4-2)9-5-12-24-15-13-16(19)18(17(20)14-15)23-10-6-21-7-11-23/h13-14,21H,3-12H2,1-2H3. The molecule has 0 radical (unpaired) electrons. The first kappa shape index (κ1) is 18.9. The Morgan fingerprint density at radius 3 is 2.38 bits per heavy atom. The SMILES string of the molecule is CCCN(CC)CCCOc1cc(F)c(N2CCNCC2)c(F)c1. The van der Waals surface area contributed by atoms with Crippen LogP contribution in [-0.2, 0) is 0 Å². The van der Waals surface area contributed by atoms with Crippen LogP contribution in [0.4, 0.5) is 14.5 Å². The van der Waals surface area contributed by atoms with E-state index in [0.29, 0.717) is 19.7 Å². The van der Waals surface area contributed by atoms with Gasteiger partial charge in [-0.1, -0.05) is 13.8 Å². The van der Waals surface area contributed by atoms with E-state index < -0.39 is 11.6 Å². The van der Waals surface area contributed by atoms with Crippen LogP contribution in [0.2, 0.25) is 0 Å². The predicted octanol–water partition coefficient (Wildman–Crippen LogP) is 2.88. The summed E-state index contributed by atoms with van der Waals surface area (Å²) in [7, 11) is 0. The summed E-state index contributed by atoms with van der Waals surface area (Å²) in [6.45, 7) is 10.5. The Kier molecular flexibility index (Phi) is 7.72. The molecule has 1 fully saturated rings. The van der Waals surface area contributed by atoms with Crippen LogP contribution in [0.3, 0.4) is 0 Å². The fourth-order valence-corrected chi connectivity index (χ4v) is 3.04. The number of rotatable bonds is 9. The summed E-state index contributed by atoms with van der Waals surface area (Å²) in [5, 5.41) is 3.18. The molecule has 0 unspecified atom stereocenters. The van der Waals surface area contributed by atoms with Gasteiger partial charge in [-0.25, -0.2) is 8.78 Å². The van der Waals surface area contributed by atoms with Crippen molar-refractivity contribution in [3.8, 4) is 5.75 Å². The highest BCUT2D eigenvalue weighted by Crippen LogP contribution is 2.28. The van der Waals surface area contributed by atoms with Gasteiger partial charge in [0.15, 0.2) is 11.6 Å². The molecule has 4 nitrogen and oxygen atoms in total. The van der Waals surface area contributed by atoms with Gasteiger partial charge in [-0.2, -0.15) is 0 Å². The van der Waals surface area contributed by atoms with Gasteiger partial charge in [-0.15, -0.1) is 0 Å². The molecular formula is C18H29F2N3O. The number of nitrogens with one attached hydrogen (secondary N) is 1. The second kappa shape index (κ2) is 9.79. The molecule has 0 saturated carbocycles. The average molecular weight is 341 g/mol. The van der Waals surface area contributed by atoms with E-state index >= 15 is 0 Å². The lowest BCUT2D eigenvalue weighted by Gasteiger charge is -2.30. The van der Waals surface area contributed by atoms with Crippen LogP contribution < -0.4 is 15.0 Å². The molecule has 1 heterocycles. The van der Waals surface area contributed by atoms with Gasteiger partial charge in [0.1, 0.15) is 11.4 Å². The van der Waals surface area contributed by atoms with Crippen molar-refractivity contribution in [2.75, 3.05) is 57.3 Å². The van der Waals surface area contributed by atoms with E-state index in [1.165, 1.54) is 12.1 Å². The van der Waals surface area contributed by atoms with Crippen molar-refractivity contribution < 1.29 is 13.5 Å². The van der Waals surface area contributed by atoms with Crippen molar-refractivity contribution in [3.05, 3.63) is 23.8 Å². The fraction of sp³-hybridized carbons (Fsp3) is 0.667. The Morgan fingerprint density at radius 1 is 1.12 bits per heavy atom. The molecule has 136 valence electrons. The lowest BCUT2D eigenvalue weighted by molar-refractivity contribution is 0.241. The summed E-state index contributed by atoms with van der Waals surface area (Å²) in [5.41, 5.74) is 0.0592. The van der Waals surface area contributed by atoms with Crippen molar-refractivity contribution >= 4 is 5.69 Å². The third-order valence-corrected chi connectivity index (χ3v) is 4.30.